The first-order chi connectivity index (χ1) is 26.8. The molecule has 274 valence electrons. The van der Waals surface area contributed by atoms with Crippen LogP contribution in [0.1, 0.15) is 105 Å². The number of nitrogens with zero attached hydrogens (tertiary/aromatic N) is 6. The largest absolute Gasteiger partial charge is 0.307 e. The van der Waals surface area contributed by atoms with Crippen molar-refractivity contribution in [1.29, 1.82) is 15.8 Å². The van der Waals surface area contributed by atoms with Crippen molar-refractivity contribution in [2.24, 2.45) is 0 Å². The van der Waals surface area contributed by atoms with Gasteiger partial charge in [-0.15, -0.1) is 56.7 Å². The van der Waals surface area contributed by atoms with Crippen LogP contribution in [-0.4, -0.2) is 9.13 Å². The van der Waals surface area contributed by atoms with Crippen molar-refractivity contribution in [1.82, 2.24) is 9.13 Å². The molecule has 2 fully saturated rings. The zero-order valence-corrected chi connectivity index (χ0v) is 34.4. The number of rotatable bonds is 4. The second-order valence-electron chi connectivity index (χ2n) is 14.7. The average molecular weight is 815 g/mol. The molecule has 55 heavy (non-hydrogen) atoms. The molecule has 0 amide bonds. The van der Waals surface area contributed by atoms with Gasteiger partial charge < -0.3 is 4.57 Å². The highest BCUT2D eigenvalue weighted by molar-refractivity contribution is 7.32. The molecule has 9 rings (SSSR count). The van der Waals surface area contributed by atoms with Gasteiger partial charge in [0, 0.05) is 44.1 Å². The van der Waals surface area contributed by atoms with E-state index in [1.165, 1.54) is 99.2 Å². The van der Waals surface area contributed by atoms with Gasteiger partial charge in [-0.2, -0.15) is 10.5 Å². The topological polar surface area (TPSA) is 120 Å². The van der Waals surface area contributed by atoms with Crippen LogP contribution in [0.4, 0.5) is 0 Å². The minimum Gasteiger partial charge on any atom is -0.307 e. The van der Waals surface area contributed by atoms with Crippen LogP contribution in [0.15, 0.2) is 21.2 Å². The minimum absolute atomic E-state index is 0.0272. The van der Waals surface area contributed by atoms with E-state index >= 15 is 0 Å². The Hall–Kier alpha value is -4.60. The lowest BCUT2D eigenvalue weighted by Gasteiger charge is -2.36. The maximum absolute atomic E-state index is 13.7. The van der Waals surface area contributed by atoms with Gasteiger partial charge in [0.25, 0.3) is 16.8 Å². The number of thiazole rings is 2. The smallest absolute Gasteiger partial charge is 0.294 e. The van der Waals surface area contributed by atoms with Gasteiger partial charge in [0.15, 0.2) is 5.57 Å². The molecule has 8 nitrogen and oxygen atoms in total. The van der Waals surface area contributed by atoms with Crippen LogP contribution < -0.4 is 29.5 Å². The third kappa shape index (κ3) is 5.11. The van der Waals surface area contributed by atoms with E-state index in [4.69, 9.17) is 6.57 Å². The lowest BCUT2D eigenvalue weighted by Crippen LogP contribution is -2.33. The van der Waals surface area contributed by atoms with Crippen molar-refractivity contribution in [2.45, 2.75) is 102 Å². The summed E-state index contributed by atoms with van der Waals surface area (Å²) in [6, 6.07) is 8.27. The van der Waals surface area contributed by atoms with Gasteiger partial charge >= 0.3 is 0 Å². The maximum Gasteiger partial charge on any atom is 0.294 e. The molecule has 2 saturated carbocycles. The van der Waals surface area contributed by atoms with E-state index in [-0.39, 0.29) is 33.2 Å². The summed E-state index contributed by atoms with van der Waals surface area (Å²) in [7, 11) is 0. The van der Waals surface area contributed by atoms with Gasteiger partial charge in [0.2, 0.25) is 0 Å². The molecule has 4 aliphatic rings. The Morgan fingerprint density at radius 2 is 1.36 bits per heavy atom. The van der Waals surface area contributed by atoms with E-state index in [0.29, 0.717) is 31.5 Å². The Morgan fingerprint density at radius 1 is 0.764 bits per heavy atom. The summed E-state index contributed by atoms with van der Waals surface area (Å²) in [5.74, 6) is 0. The van der Waals surface area contributed by atoms with Gasteiger partial charge in [0.05, 0.1) is 36.0 Å². The molecule has 5 heterocycles. The Balaban J connectivity index is 1.23. The van der Waals surface area contributed by atoms with Crippen molar-refractivity contribution >= 4 is 95.6 Å². The zero-order valence-electron chi connectivity index (χ0n) is 30.3. The van der Waals surface area contributed by atoms with Crippen LogP contribution >= 0.6 is 56.7 Å². The van der Waals surface area contributed by atoms with Crippen molar-refractivity contribution < 1.29 is 0 Å². The maximum atomic E-state index is 13.7. The highest BCUT2D eigenvalue weighted by atomic mass is 32.1. The third-order valence-electron chi connectivity index (χ3n) is 12.1. The highest BCUT2D eigenvalue weighted by Crippen LogP contribution is 2.67. The molecule has 0 saturated heterocycles. The average Bonchev–Trinajstić information content (AvgIpc) is 4.05. The van der Waals surface area contributed by atoms with E-state index in [1.807, 2.05) is 60.8 Å². The predicted molar refractivity (Wildman–Crippen MR) is 225 cm³/mol. The number of hydrogen-bond acceptors (Lipinski definition) is 10. The lowest BCUT2D eigenvalue weighted by atomic mass is 9.67. The number of hydrogen-bond donors (Lipinski definition) is 0. The quantitative estimate of drug-likeness (QED) is 0.175. The summed E-state index contributed by atoms with van der Waals surface area (Å²) in [5.41, 5.74) is 4.86. The van der Waals surface area contributed by atoms with Crippen molar-refractivity contribution in [3.63, 3.8) is 0 Å². The molecule has 0 radical (unpaired) electrons. The summed E-state index contributed by atoms with van der Waals surface area (Å²) < 4.78 is 7.86. The fraction of sp³-hybridized carbons (Fsp3) is 0.381. The van der Waals surface area contributed by atoms with Crippen LogP contribution in [0.3, 0.4) is 0 Å². The Labute approximate surface area is 336 Å². The van der Waals surface area contributed by atoms with Crippen LogP contribution in [0, 0.1) is 40.6 Å². The monoisotopic (exact) mass is 814 g/mol. The molecule has 5 aromatic rings. The molecule has 0 N–H and O–H groups in total. The Morgan fingerprint density at radius 3 is 1.98 bits per heavy atom. The Bertz CT molecular complexity index is 3040. The van der Waals surface area contributed by atoms with Crippen LogP contribution in [0.2, 0.25) is 0 Å². The number of nitriles is 3. The molecule has 13 heteroatoms. The SMILES string of the molecule is [C-]#[N+]/C(C#N)=c1\s/c(=C\c2cc3c(s2)-c2sc4c5c(sc4c2C32CCCCC2)C=C(/C=c2\sc(=C(C#N)C#N)n(CC)c2=O)C52CCCCC2)c(=O)n1CC. The fourth-order valence-corrected chi connectivity index (χ4v) is 16.6. The highest BCUT2D eigenvalue weighted by Gasteiger charge is 2.51. The molecule has 0 bridgehead atoms. The summed E-state index contributed by atoms with van der Waals surface area (Å²) in [4.78, 5) is 35.6. The third-order valence-corrected chi connectivity index (χ3v) is 18.1. The first kappa shape index (κ1) is 36.1. The molecule has 0 atom stereocenters. The van der Waals surface area contributed by atoms with E-state index in [1.54, 1.807) is 15.9 Å². The number of allylic oxidation sites excluding steroid dienone is 1. The standard InChI is InChI=1S/C42H34N6O2S5/c1-4-47-37(49)29(53-39(47)23(20-43)21-44)17-24-16-28-31(41(24)12-8-6-9-13-41)34-36(52-28)32-35(55-34)33-26(42(32)14-10-7-11-15-42)18-25(51-33)19-30-38(50)48(5-2)40(54-30)27(22-45)46-3/h16-19H,4-15H2,1-2H3/b29-17-,30-19-,40-27-. The van der Waals surface area contributed by atoms with Crippen molar-refractivity contribution in [3.8, 4) is 28.0 Å². The molecule has 2 spiro atoms. The molecule has 5 aromatic heterocycles. The number of aromatic nitrogens is 2. The van der Waals surface area contributed by atoms with Gasteiger partial charge in [-0.3, -0.25) is 14.2 Å². The molecule has 0 aliphatic heterocycles. The van der Waals surface area contributed by atoms with Crippen molar-refractivity contribution in [2.75, 3.05) is 0 Å². The van der Waals surface area contributed by atoms with Gasteiger partial charge in [-0.05, 0) is 80.5 Å². The predicted octanol–water partition coefficient (Wildman–Crippen LogP) is 7.40. The molecular formula is C42H34N6O2S5. The van der Waals surface area contributed by atoms with E-state index in [0.717, 1.165) is 43.4 Å². The molecule has 0 unspecified atom stereocenters. The first-order valence-electron chi connectivity index (χ1n) is 18.7. The summed E-state index contributed by atoms with van der Waals surface area (Å²) in [6.45, 7) is 12.0. The van der Waals surface area contributed by atoms with Crippen molar-refractivity contribution in [3.05, 3.63) is 88.6 Å². The van der Waals surface area contributed by atoms with Gasteiger partial charge in [0.1, 0.15) is 21.5 Å². The second-order valence-corrected chi connectivity index (χ2v) is 19.9. The van der Waals surface area contributed by atoms with Gasteiger partial charge in [-0.1, -0.05) is 38.5 Å². The number of fused-ring (bicyclic) bond motifs is 10. The summed E-state index contributed by atoms with van der Waals surface area (Å²) in [5, 5.41) is 28.9. The van der Waals surface area contributed by atoms with Gasteiger partial charge in [-0.25, -0.2) is 10.1 Å². The van der Waals surface area contributed by atoms with E-state index < -0.39 is 0 Å². The van der Waals surface area contributed by atoms with Crippen LogP contribution in [-0.2, 0) is 23.9 Å². The summed E-state index contributed by atoms with van der Waals surface area (Å²) in [6.07, 6.45) is 17.6. The van der Waals surface area contributed by atoms with E-state index in [2.05, 4.69) is 23.1 Å². The summed E-state index contributed by atoms with van der Waals surface area (Å²) >= 11 is 8.09. The van der Waals surface area contributed by atoms with Crippen LogP contribution in [0.25, 0.3) is 53.5 Å². The minimum atomic E-state index is -0.188. The van der Waals surface area contributed by atoms with Crippen LogP contribution in [0.5, 0.6) is 0 Å². The molecular weight excluding hydrogens is 781 g/mol. The zero-order chi connectivity index (χ0) is 38.2. The Kier molecular flexibility index (Phi) is 8.89. The number of thiophene rings is 3. The van der Waals surface area contributed by atoms with E-state index in [9.17, 15) is 25.4 Å². The lowest BCUT2D eigenvalue weighted by molar-refractivity contribution is 0.355. The normalized spacial score (nSPS) is 18.8. The molecule has 4 aliphatic carbocycles. The first-order valence-corrected chi connectivity index (χ1v) is 22.8. The fourth-order valence-electron chi connectivity index (χ4n) is 9.70. The second kappa shape index (κ2) is 13.6. The molecule has 0 aromatic carbocycles.